The van der Waals surface area contributed by atoms with Crippen LogP contribution in [0.4, 0.5) is 5.69 Å². The summed E-state index contributed by atoms with van der Waals surface area (Å²) in [6.07, 6.45) is 1.15. The van der Waals surface area contributed by atoms with Gasteiger partial charge in [0, 0.05) is 36.7 Å². The molecule has 92 valence electrons. The third kappa shape index (κ3) is 3.46. The number of hydrogen-bond acceptors (Lipinski definition) is 2. The van der Waals surface area contributed by atoms with E-state index >= 15 is 0 Å². The lowest BCUT2D eigenvalue weighted by Gasteiger charge is -2.19. The van der Waals surface area contributed by atoms with Crippen LogP contribution in [0.5, 0.6) is 0 Å². The minimum absolute atomic E-state index is 0.0610. The van der Waals surface area contributed by atoms with Crippen molar-refractivity contribution in [3.8, 4) is 0 Å². The Morgan fingerprint density at radius 1 is 1.59 bits per heavy atom. The number of anilines is 1. The van der Waals surface area contributed by atoms with Crippen molar-refractivity contribution >= 4 is 27.5 Å². The predicted octanol–water partition coefficient (Wildman–Crippen LogP) is 2.41. The van der Waals surface area contributed by atoms with Gasteiger partial charge >= 0.3 is 0 Å². The number of rotatable bonds is 3. The normalized spacial score (nSPS) is 19.4. The molecule has 1 amide bonds. The quantitative estimate of drug-likeness (QED) is 0.929. The van der Waals surface area contributed by atoms with E-state index < -0.39 is 0 Å². The number of amides is 1. The largest absolute Gasteiger partial charge is 0.371 e. The lowest BCUT2D eigenvalue weighted by molar-refractivity contribution is -0.119. The van der Waals surface area contributed by atoms with Crippen LogP contribution in [0.3, 0.4) is 0 Å². The number of hydrogen-bond donors (Lipinski definition) is 1. The van der Waals surface area contributed by atoms with Crippen LogP contribution in [-0.2, 0) is 4.79 Å². The topological polar surface area (TPSA) is 32.3 Å². The van der Waals surface area contributed by atoms with Crippen molar-refractivity contribution in [1.29, 1.82) is 0 Å². The summed E-state index contributed by atoms with van der Waals surface area (Å²) in [5, 5.41) is 2.90. The van der Waals surface area contributed by atoms with Crippen LogP contribution in [0, 0.1) is 5.92 Å². The van der Waals surface area contributed by atoms with E-state index in [2.05, 4.69) is 44.3 Å². The first kappa shape index (κ1) is 12.4. The van der Waals surface area contributed by atoms with Gasteiger partial charge in [-0.25, -0.2) is 0 Å². The van der Waals surface area contributed by atoms with Gasteiger partial charge in [0.05, 0.1) is 0 Å². The fourth-order valence-electron chi connectivity index (χ4n) is 2.19. The lowest BCUT2D eigenvalue weighted by atomic mass is 10.1. The molecular formula is C13H17BrN2O. The summed E-state index contributed by atoms with van der Waals surface area (Å²) in [4.78, 5) is 13.2. The van der Waals surface area contributed by atoms with E-state index in [-0.39, 0.29) is 5.91 Å². The van der Waals surface area contributed by atoms with Crippen molar-refractivity contribution in [3.63, 3.8) is 0 Å². The minimum Gasteiger partial charge on any atom is -0.371 e. The summed E-state index contributed by atoms with van der Waals surface area (Å²) in [6, 6.07) is 8.36. The molecule has 4 heteroatoms. The highest BCUT2D eigenvalue weighted by molar-refractivity contribution is 9.10. The Bertz CT molecular complexity index is 408. The summed E-state index contributed by atoms with van der Waals surface area (Å²) in [5.41, 5.74) is 1.25. The van der Waals surface area contributed by atoms with E-state index in [1.165, 1.54) is 5.69 Å². The number of nitrogens with zero attached hydrogens (tertiary/aromatic N) is 1. The van der Waals surface area contributed by atoms with Gasteiger partial charge in [0.25, 0.3) is 0 Å². The second kappa shape index (κ2) is 5.54. The lowest BCUT2D eigenvalue weighted by Crippen LogP contribution is -2.29. The molecule has 1 fully saturated rings. The molecule has 1 aromatic rings. The zero-order chi connectivity index (χ0) is 12.3. The van der Waals surface area contributed by atoms with Gasteiger partial charge in [-0.15, -0.1) is 0 Å². The Morgan fingerprint density at radius 3 is 3.12 bits per heavy atom. The molecule has 0 radical (unpaired) electrons. The summed E-state index contributed by atoms with van der Waals surface area (Å²) >= 11 is 3.49. The second-order valence-electron chi connectivity index (χ2n) is 4.52. The fraction of sp³-hybridized carbons (Fsp3) is 0.462. The molecule has 0 unspecified atom stereocenters. The predicted molar refractivity (Wildman–Crippen MR) is 73.1 cm³/mol. The maximum absolute atomic E-state index is 10.9. The molecule has 1 saturated heterocycles. The van der Waals surface area contributed by atoms with Gasteiger partial charge in [0.2, 0.25) is 5.91 Å². The monoisotopic (exact) mass is 296 g/mol. The summed E-state index contributed by atoms with van der Waals surface area (Å²) in [5.74, 6) is 0.629. The third-order valence-corrected chi connectivity index (χ3v) is 3.59. The zero-order valence-electron chi connectivity index (χ0n) is 9.95. The molecule has 3 nitrogen and oxygen atoms in total. The van der Waals surface area contributed by atoms with Crippen LogP contribution in [0.1, 0.15) is 13.3 Å². The molecule has 1 heterocycles. The Morgan fingerprint density at radius 2 is 2.41 bits per heavy atom. The number of carbonyl (C=O) groups is 1. The van der Waals surface area contributed by atoms with Crippen molar-refractivity contribution in [2.24, 2.45) is 5.92 Å². The molecule has 0 spiro atoms. The van der Waals surface area contributed by atoms with Gasteiger partial charge in [-0.2, -0.15) is 0 Å². The van der Waals surface area contributed by atoms with Gasteiger partial charge in [-0.1, -0.05) is 22.0 Å². The smallest absolute Gasteiger partial charge is 0.216 e. The highest BCUT2D eigenvalue weighted by Crippen LogP contribution is 2.25. The van der Waals surface area contributed by atoms with Crippen LogP contribution >= 0.6 is 15.9 Å². The number of carbonyl (C=O) groups excluding carboxylic acids is 1. The molecule has 17 heavy (non-hydrogen) atoms. The van der Waals surface area contributed by atoms with Gasteiger partial charge in [-0.05, 0) is 30.5 Å². The Labute approximate surface area is 110 Å². The van der Waals surface area contributed by atoms with E-state index in [0.717, 1.165) is 30.5 Å². The summed E-state index contributed by atoms with van der Waals surface area (Å²) in [7, 11) is 0. The molecule has 0 bridgehead atoms. The summed E-state index contributed by atoms with van der Waals surface area (Å²) < 4.78 is 1.11. The van der Waals surface area contributed by atoms with E-state index in [0.29, 0.717) is 5.92 Å². The molecule has 0 saturated carbocycles. The van der Waals surface area contributed by atoms with Crippen LogP contribution < -0.4 is 10.2 Å². The number of halogens is 1. The van der Waals surface area contributed by atoms with Crippen molar-refractivity contribution in [1.82, 2.24) is 5.32 Å². The fourth-order valence-corrected chi connectivity index (χ4v) is 2.58. The minimum atomic E-state index is 0.0610. The number of benzene rings is 1. The van der Waals surface area contributed by atoms with Crippen LogP contribution in [0.25, 0.3) is 0 Å². The molecular weight excluding hydrogens is 280 g/mol. The van der Waals surface area contributed by atoms with Crippen molar-refractivity contribution in [3.05, 3.63) is 28.7 Å². The van der Waals surface area contributed by atoms with Crippen molar-refractivity contribution in [2.75, 3.05) is 24.5 Å². The van der Waals surface area contributed by atoms with Gasteiger partial charge in [-0.3, -0.25) is 4.79 Å². The van der Waals surface area contributed by atoms with Gasteiger partial charge < -0.3 is 10.2 Å². The zero-order valence-corrected chi connectivity index (χ0v) is 11.5. The molecule has 1 aromatic carbocycles. The summed E-state index contributed by atoms with van der Waals surface area (Å²) in [6.45, 7) is 4.46. The molecule has 0 aliphatic carbocycles. The average Bonchev–Trinajstić information content (AvgIpc) is 2.75. The van der Waals surface area contributed by atoms with Crippen LogP contribution in [-0.4, -0.2) is 25.5 Å². The standard InChI is InChI=1S/C13H17BrN2O/c1-10(17)15-8-11-5-6-16(9-11)13-4-2-3-12(14)7-13/h2-4,7,11H,5-6,8-9H2,1H3,(H,15,17)/t11-/m1/s1. The van der Waals surface area contributed by atoms with Crippen LogP contribution in [0.15, 0.2) is 28.7 Å². The van der Waals surface area contributed by atoms with E-state index in [1.807, 2.05) is 6.07 Å². The highest BCUT2D eigenvalue weighted by Gasteiger charge is 2.22. The first-order valence-corrected chi connectivity index (χ1v) is 6.69. The third-order valence-electron chi connectivity index (χ3n) is 3.10. The molecule has 1 atom stereocenters. The first-order chi connectivity index (χ1) is 8.15. The SMILES string of the molecule is CC(=O)NC[C@H]1CCN(c2cccc(Br)c2)C1. The van der Waals surface area contributed by atoms with E-state index in [1.54, 1.807) is 6.92 Å². The Balaban J connectivity index is 1.91. The van der Waals surface area contributed by atoms with E-state index in [4.69, 9.17) is 0 Å². The van der Waals surface area contributed by atoms with Crippen LogP contribution in [0.2, 0.25) is 0 Å². The average molecular weight is 297 g/mol. The Kier molecular flexibility index (Phi) is 4.05. The Hall–Kier alpha value is -1.03. The van der Waals surface area contributed by atoms with Crippen molar-refractivity contribution in [2.45, 2.75) is 13.3 Å². The van der Waals surface area contributed by atoms with E-state index in [9.17, 15) is 4.79 Å². The number of nitrogens with one attached hydrogen (secondary N) is 1. The maximum atomic E-state index is 10.9. The highest BCUT2D eigenvalue weighted by atomic mass is 79.9. The van der Waals surface area contributed by atoms with Gasteiger partial charge in [0.1, 0.15) is 0 Å². The molecule has 1 aliphatic rings. The molecule has 2 rings (SSSR count). The molecule has 1 N–H and O–H groups in total. The maximum Gasteiger partial charge on any atom is 0.216 e. The molecule has 1 aliphatic heterocycles. The van der Waals surface area contributed by atoms with Crippen molar-refractivity contribution < 1.29 is 4.79 Å². The second-order valence-corrected chi connectivity index (χ2v) is 5.43. The molecule has 0 aromatic heterocycles. The first-order valence-electron chi connectivity index (χ1n) is 5.90. The van der Waals surface area contributed by atoms with Gasteiger partial charge in [0.15, 0.2) is 0 Å².